The van der Waals surface area contributed by atoms with Crippen molar-refractivity contribution in [3.8, 4) is 17.2 Å². The molecule has 0 unspecified atom stereocenters. The van der Waals surface area contributed by atoms with Crippen molar-refractivity contribution in [2.45, 2.75) is 26.6 Å². The Labute approximate surface area is 110 Å². The number of rotatable bonds is 1. The molecule has 0 spiro atoms. The van der Waals surface area contributed by atoms with Crippen LogP contribution in [0.3, 0.4) is 0 Å². The fraction of sp³-hybridized carbons (Fsp3) is 0.267. The van der Waals surface area contributed by atoms with Gasteiger partial charge in [0.1, 0.15) is 8.07 Å². The lowest BCUT2D eigenvalue weighted by atomic mass is 10.2. The zero-order valence-electron chi connectivity index (χ0n) is 11.4. The monoisotopic (exact) mass is 254 g/mol. The van der Waals surface area contributed by atoms with Crippen LogP contribution in [0.2, 0.25) is 19.6 Å². The molecule has 1 aromatic carbocycles. The van der Waals surface area contributed by atoms with Crippen molar-refractivity contribution in [2.24, 2.45) is 0 Å². The van der Waals surface area contributed by atoms with Crippen molar-refractivity contribution in [1.82, 2.24) is 9.78 Å². The molecule has 0 fully saturated rings. The van der Waals surface area contributed by atoms with Gasteiger partial charge in [-0.25, -0.2) is 4.68 Å². The van der Waals surface area contributed by atoms with Gasteiger partial charge in [0.15, 0.2) is 0 Å². The van der Waals surface area contributed by atoms with Gasteiger partial charge in [-0.2, -0.15) is 5.10 Å². The quantitative estimate of drug-likeness (QED) is 0.563. The third kappa shape index (κ3) is 3.35. The summed E-state index contributed by atoms with van der Waals surface area (Å²) in [6, 6.07) is 8.31. The summed E-state index contributed by atoms with van der Waals surface area (Å²) in [5.74, 6) is 3.21. The summed E-state index contributed by atoms with van der Waals surface area (Å²) in [7, 11) is -1.32. The maximum absolute atomic E-state index is 4.35. The summed E-state index contributed by atoms with van der Waals surface area (Å²) in [4.78, 5) is 0. The minimum Gasteiger partial charge on any atom is -0.240 e. The van der Waals surface area contributed by atoms with Gasteiger partial charge in [-0.15, -0.1) is 5.54 Å². The SMILES string of the molecule is Cc1ccc(-n2cc(C#C[Si](C)(C)C)cn2)cc1. The number of hydrogen-bond acceptors (Lipinski definition) is 1. The van der Waals surface area contributed by atoms with E-state index in [2.05, 4.69) is 67.4 Å². The second-order valence-corrected chi connectivity index (χ2v) is 10.3. The lowest BCUT2D eigenvalue weighted by Crippen LogP contribution is -2.16. The number of aromatic nitrogens is 2. The van der Waals surface area contributed by atoms with Crippen LogP contribution in [-0.4, -0.2) is 17.9 Å². The predicted octanol–water partition coefficient (Wildman–Crippen LogP) is 3.41. The number of aryl methyl sites for hydroxylation is 1. The first-order valence-electron chi connectivity index (χ1n) is 6.09. The van der Waals surface area contributed by atoms with Crippen LogP contribution in [0.25, 0.3) is 5.69 Å². The molecule has 2 nitrogen and oxygen atoms in total. The third-order valence-corrected chi connectivity index (χ3v) is 3.34. The van der Waals surface area contributed by atoms with Crippen LogP contribution in [-0.2, 0) is 0 Å². The topological polar surface area (TPSA) is 17.8 Å². The molecule has 2 rings (SSSR count). The molecule has 0 aliphatic rings. The summed E-state index contributed by atoms with van der Waals surface area (Å²) < 4.78 is 1.87. The van der Waals surface area contributed by atoms with Crippen LogP contribution in [0.5, 0.6) is 0 Å². The van der Waals surface area contributed by atoms with Gasteiger partial charge < -0.3 is 0 Å². The molecular formula is C15H18N2Si. The van der Waals surface area contributed by atoms with E-state index in [1.165, 1.54) is 5.56 Å². The lowest BCUT2D eigenvalue weighted by Gasteiger charge is -2.02. The molecular weight excluding hydrogens is 236 g/mol. The minimum absolute atomic E-state index is 0.984. The predicted molar refractivity (Wildman–Crippen MR) is 78.5 cm³/mol. The van der Waals surface area contributed by atoms with E-state index in [0.29, 0.717) is 0 Å². The van der Waals surface area contributed by atoms with Crippen LogP contribution in [0.15, 0.2) is 36.7 Å². The molecule has 18 heavy (non-hydrogen) atoms. The fourth-order valence-electron chi connectivity index (χ4n) is 1.49. The molecule has 0 radical (unpaired) electrons. The van der Waals surface area contributed by atoms with E-state index in [4.69, 9.17) is 0 Å². The average molecular weight is 254 g/mol. The Hall–Kier alpha value is -1.79. The first kappa shape index (κ1) is 12.7. The van der Waals surface area contributed by atoms with Crippen molar-refractivity contribution in [3.05, 3.63) is 47.8 Å². The Bertz CT molecular complexity index is 592. The molecule has 0 N–H and O–H groups in total. The van der Waals surface area contributed by atoms with Gasteiger partial charge in [0, 0.05) is 6.20 Å². The highest BCUT2D eigenvalue weighted by molar-refractivity contribution is 6.83. The molecule has 3 heteroatoms. The Kier molecular flexibility index (Phi) is 3.40. The van der Waals surface area contributed by atoms with E-state index in [0.717, 1.165) is 11.3 Å². The van der Waals surface area contributed by atoms with Crippen LogP contribution < -0.4 is 0 Å². The molecule has 1 aromatic heterocycles. The molecule has 2 aromatic rings. The van der Waals surface area contributed by atoms with E-state index in [1.54, 1.807) is 0 Å². The molecule has 1 heterocycles. The van der Waals surface area contributed by atoms with Gasteiger partial charge in [-0.05, 0) is 19.1 Å². The summed E-state index contributed by atoms with van der Waals surface area (Å²) >= 11 is 0. The second-order valence-electron chi connectivity index (χ2n) is 5.51. The molecule has 0 amide bonds. The van der Waals surface area contributed by atoms with Crippen molar-refractivity contribution in [2.75, 3.05) is 0 Å². The van der Waals surface area contributed by atoms with Crippen molar-refractivity contribution in [1.29, 1.82) is 0 Å². The van der Waals surface area contributed by atoms with Crippen molar-refractivity contribution >= 4 is 8.07 Å². The van der Waals surface area contributed by atoms with Gasteiger partial charge in [0.05, 0.1) is 17.4 Å². The van der Waals surface area contributed by atoms with Crippen molar-refractivity contribution < 1.29 is 0 Å². The highest BCUT2D eigenvalue weighted by Crippen LogP contribution is 2.09. The maximum atomic E-state index is 4.35. The van der Waals surface area contributed by atoms with Gasteiger partial charge >= 0.3 is 0 Å². The first-order chi connectivity index (χ1) is 8.44. The zero-order valence-corrected chi connectivity index (χ0v) is 12.4. The van der Waals surface area contributed by atoms with Crippen LogP contribution in [0, 0.1) is 18.4 Å². The van der Waals surface area contributed by atoms with Gasteiger partial charge in [-0.3, -0.25) is 0 Å². The fourth-order valence-corrected chi connectivity index (χ4v) is 2.01. The first-order valence-corrected chi connectivity index (χ1v) is 9.59. The lowest BCUT2D eigenvalue weighted by molar-refractivity contribution is 0.880. The van der Waals surface area contributed by atoms with E-state index in [-0.39, 0.29) is 0 Å². The normalized spacial score (nSPS) is 10.9. The standard InChI is InChI=1S/C15H18N2Si/c1-13-5-7-15(8-6-13)17-12-14(11-16-17)9-10-18(2,3)4/h5-8,11-12H,1-4H3. The molecule has 0 aliphatic heterocycles. The number of hydrogen-bond donors (Lipinski definition) is 0. The molecule has 0 saturated carbocycles. The summed E-state index contributed by atoms with van der Waals surface area (Å²) in [6.45, 7) is 8.80. The van der Waals surface area contributed by atoms with E-state index >= 15 is 0 Å². The molecule has 0 bridgehead atoms. The molecule has 0 aliphatic carbocycles. The van der Waals surface area contributed by atoms with E-state index < -0.39 is 8.07 Å². The second kappa shape index (κ2) is 4.83. The Morgan fingerprint density at radius 2 is 1.78 bits per heavy atom. The Balaban J connectivity index is 2.25. The summed E-state index contributed by atoms with van der Waals surface area (Å²) in [6.07, 6.45) is 3.81. The Morgan fingerprint density at radius 1 is 1.11 bits per heavy atom. The van der Waals surface area contributed by atoms with Gasteiger partial charge in [0.25, 0.3) is 0 Å². The Morgan fingerprint density at radius 3 is 2.39 bits per heavy atom. The highest BCUT2D eigenvalue weighted by Gasteiger charge is 2.07. The molecule has 0 saturated heterocycles. The van der Waals surface area contributed by atoms with Crippen LogP contribution >= 0.6 is 0 Å². The van der Waals surface area contributed by atoms with Gasteiger partial charge in [-0.1, -0.05) is 43.3 Å². The summed E-state index contributed by atoms with van der Waals surface area (Å²) in [5.41, 5.74) is 6.66. The van der Waals surface area contributed by atoms with Crippen LogP contribution in [0.4, 0.5) is 0 Å². The third-order valence-electron chi connectivity index (χ3n) is 2.46. The van der Waals surface area contributed by atoms with Crippen LogP contribution in [0.1, 0.15) is 11.1 Å². The van der Waals surface area contributed by atoms with Crippen molar-refractivity contribution in [3.63, 3.8) is 0 Å². The number of nitrogens with zero attached hydrogens (tertiary/aromatic N) is 2. The maximum Gasteiger partial charge on any atom is 0.129 e. The highest BCUT2D eigenvalue weighted by atomic mass is 28.3. The minimum atomic E-state index is -1.32. The molecule has 92 valence electrons. The van der Waals surface area contributed by atoms with Gasteiger partial charge in [0.2, 0.25) is 0 Å². The van der Waals surface area contributed by atoms with E-state index in [9.17, 15) is 0 Å². The number of benzene rings is 1. The largest absolute Gasteiger partial charge is 0.240 e. The average Bonchev–Trinajstić information content (AvgIpc) is 2.75. The summed E-state index contributed by atoms with van der Waals surface area (Å²) in [5, 5.41) is 4.35. The molecule has 0 atom stereocenters. The zero-order chi connectivity index (χ0) is 13.2. The smallest absolute Gasteiger partial charge is 0.129 e. The van der Waals surface area contributed by atoms with E-state index in [1.807, 2.05) is 17.1 Å².